The van der Waals surface area contributed by atoms with Crippen molar-refractivity contribution in [3.05, 3.63) is 66.1 Å². The van der Waals surface area contributed by atoms with Gasteiger partial charge in [0.05, 0.1) is 23.6 Å². The second-order valence-electron chi connectivity index (χ2n) is 7.90. The first-order valence-electron chi connectivity index (χ1n) is 10.4. The molecule has 0 spiro atoms. The second kappa shape index (κ2) is 9.14. The largest absolute Gasteiger partial charge is 0.395 e. The van der Waals surface area contributed by atoms with Gasteiger partial charge in [-0.25, -0.2) is 0 Å². The lowest BCUT2D eigenvalue weighted by molar-refractivity contribution is -0.131. The molecule has 0 radical (unpaired) electrons. The number of hydrogen-bond donors (Lipinski definition) is 3. The van der Waals surface area contributed by atoms with Gasteiger partial charge in [0.1, 0.15) is 0 Å². The Morgan fingerprint density at radius 3 is 2.65 bits per heavy atom. The predicted octanol–water partition coefficient (Wildman–Crippen LogP) is 3.41. The van der Waals surface area contributed by atoms with Gasteiger partial charge in [0.15, 0.2) is 5.78 Å². The number of carbonyl (C=O) groups excluding carboxylic acids is 2. The number of ketones is 1. The van der Waals surface area contributed by atoms with Crippen LogP contribution in [0, 0.1) is 5.92 Å². The number of aliphatic hydroxyl groups excluding tert-OH is 1. The zero-order valence-electron chi connectivity index (χ0n) is 17.5. The van der Waals surface area contributed by atoms with E-state index in [9.17, 15) is 9.59 Å². The number of amides is 1. The minimum Gasteiger partial charge on any atom is -0.395 e. The molecule has 2 aromatic heterocycles. The SMILES string of the molecule is CN(CCO)C(=O)CC1CC(=O)c2c([nH]c(-c3ccncc3)c2Nc2ccccc2)C1. The Morgan fingerprint density at radius 1 is 1.19 bits per heavy atom. The highest BCUT2D eigenvalue weighted by molar-refractivity contribution is 6.07. The van der Waals surface area contributed by atoms with Crippen LogP contribution in [0.3, 0.4) is 0 Å². The number of anilines is 2. The molecule has 1 aliphatic rings. The van der Waals surface area contributed by atoms with Gasteiger partial charge in [-0.15, -0.1) is 0 Å². The molecular formula is C24H26N4O3. The average molecular weight is 418 g/mol. The van der Waals surface area contributed by atoms with E-state index in [4.69, 9.17) is 5.11 Å². The summed E-state index contributed by atoms with van der Waals surface area (Å²) in [6.45, 7) is 0.223. The number of aromatic amines is 1. The van der Waals surface area contributed by atoms with Crippen LogP contribution in [-0.4, -0.2) is 51.9 Å². The molecule has 0 bridgehead atoms. The summed E-state index contributed by atoms with van der Waals surface area (Å²) in [7, 11) is 1.67. The highest BCUT2D eigenvalue weighted by Crippen LogP contribution is 2.40. The number of Topliss-reactive ketones (excluding diaryl/α,β-unsaturated/α-hetero) is 1. The number of rotatable bonds is 7. The molecule has 7 nitrogen and oxygen atoms in total. The van der Waals surface area contributed by atoms with Gasteiger partial charge in [-0.3, -0.25) is 14.6 Å². The van der Waals surface area contributed by atoms with Crippen LogP contribution in [0.5, 0.6) is 0 Å². The Labute approximate surface area is 181 Å². The summed E-state index contributed by atoms with van der Waals surface area (Å²) in [5.41, 5.74) is 4.96. The van der Waals surface area contributed by atoms with Crippen molar-refractivity contribution in [2.24, 2.45) is 5.92 Å². The molecular weight excluding hydrogens is 392 g/mol. The van der Waals surface area contributed by atoms with Crippen molar-refractivity contribution in [3.8, 4) is 11.3 Å². The first-order chi connectivity index (χ1) is 15.1. The van der Waals surface area contributed by atoms with Crippen molar-refractivity contribution >= 4 is 23.1 Å². The van der Waals surface area contributed by atoms with E-state index >= 15 is 0 Å². The number of likely N-dealkylation sites (N-methyl/N-ethyl adjacent to an activating group) is 1. The van der Waals surface area contributed by atoms with Crippen LogP contribution in [0.2, 0.25) is 0 Å². The van der Waals surface area contributed by atoms with Crippen LogP contribution in [-0.2, 0) is 11.2 Å². The lowest BCUT2D eigenvalue weighted by Gasteiger charge is -2.24. The van der Waals surface area contributed by atoms with E-state index in [1.54, 1.807) is 19.4 Å². The topological polar surface area (TPSA) is 98.3 Å². The maximum absolute atomic E-state index is 13.2. The number of para-hydroxylation sites is 1. The van der Waals surface area contributed by atoms with E-state index in [1.807, 2.05) is 42.5 Å². The number of carbonyl (C=O) groups is 2. The Morgan fingerprint density at radius 2 is 1.94 bits per heavy atom. The van der Waals surface area contributed by atoms with Gasteiger partial charge in [-0.05, 0) is 36.6 Å². The summed E-state index contributed by atoms with van der Waals surface area (Å²) < 4.78 is 0. The molecule has 0 fully saturated rings. The molecule has 1 amide bonds. The Balaban J connectivity index is 1.67. The summed E-state index contributed by atoms with van der Waals surface area (Å²) in [5.74, 6) is -0.0974. The first kappa shape index (κ1) is 20.8. The molecule has 0 saturated heterocycles. The van der Waals surface area contributed by atoms with Crippen LogP contribution in [0.1, 0.15) is 28.9 Å². The van der Waals surface area contributed by atoms with E-state index in [0.29, 0.717) is 24.9 Å². The van der Waals surface area contributed by atoms with Gasteiger partial charge in [0, 0.05) is 55.8 Å². The Bertz CT molecular complexity index is 1060. The average Bonchev–Trinajstić information content (AvgIpc) is 3.14. The Hall–Kier alpha value is -3.45. The fraction of sp³-hybridized carbons (Fsp3) is 0.292. The third-order valence-corrected chi connectivity index (χ3v) is 5.66. The van der Waals surface area contributed by atoms with Crippen molar-refractivity contribution in [3.63, 3.8) is 0 Å². The number of fused-ring (bicyclic) bond motifs is 1. The van der Waals surface area contributed by atoms with E-state index < -0.39 is 0 Å². The third-order valence-electron chi connectivity index (χ3n) is 5.66. The minimum atomic E-state index is -0.0730. The normalized spacial score (nSPS) is 15.4. The maximum Gasteiger partial charge on any atom is 0.222 e. The van der Waals surface area contributed by atoms with Crippen LogP contribution in [0.25, 0.3) is 11.3 Å². The fourth-order valence-electron chi connectivity index (χ4n) is 4.09. The quantitative estimate of drug-likeness (QED) is 0.546. The zero-order valence-corrected chi connectivity index (χ0v) is 17.5. The van der Waals surface area contributed by atoms with Gasteiger partial charge in [0.2, 0.25) is 5.91 Å². The van der Waals surface area contributed by atoms with Gasteiger partial charge in [-0.2, -0.15) is 0 Å². The van der Waals surface area contributed by atoms with Gasteiger partial charge >= 0.3 is 0 Å². The molecule has 1 aliphatic carbocycles. The van der Waals surface area contributed by atoms with E-state index in [2.05, 4.69) is 15.3 Å². The minimum absolute atomic E-state index is 0.0267. The summed E-state index contributed by atoms with van der Waals surface area (Å²) in [4.78, 5) is 34.7. The van der Waals surface area contributed by atoms with Gasteiger partial charge in [0.25, 0.3) is 0 Å². The maximum atomic E-state index is 13.2. The van der Waals surface area contributed by atoms with Crippen molar-refractivity contribution in [1.82, 2.24) is 14.9 Å². The van der Waals surface area contributed by atoms with E-state index in [1.165, 1.54) is 4.90 Å². The molecule has 1 aromatic carbocycles. The highest BCUT2D eigenvalue weighted by atomic mass is 16.3. The molecule has 31 heavy (non-hydrogen) atoms. The lowest BCUT2D eigenvalue weighted by Crippen LogP contribution is -2.32. The first-order valence-corrected chi connectivity index (χ1v) is 10.4. The van der Waals surface area contributed by atoms with Gasteiger partial charge < -0.3 is 20.3 Å². The smallest absolute Gasteiger partial charge is 0.222 e. The van der Waals surface area contributed by atoms with E-state index in [0.717, 1.165) is 28.3 Å². The number of nitrogens with zero attached hydrogens (tertiary/aromatic N) is 2. The molecule has 160 valence electrons. The summed E-state index contributed by atoms with van der Waals surface area (Å²) in [5, 5.41) is 12.5. The second-order valence-corrected chi connectivity index (χ2v) is 7.90. The highest BCUT2D eigenvalue weighted by Gasteiger charge is 2.33. The number of hydrogen-bond acceptors (Lipinski definition) is 5. The third kappa shape index (κ3) is 4.51. The van der Waals surface area contributed by atoms with Crippen molar-refractivity contribution in [2.75, 3.05) is 25.5 Å². The van der Waals surface area contributed by atoms with Crippen molar-refractivity contribution in [1.29, 1.82) is 0 Å². The molecule has 0 aliphatic heterocycles. The molecule has 0 saturated carbocycles. The molecule has 3 N–H and O–H groups in total. The molecule has 3 aromatic rings. The van der Waals surface area contributed by atoms with Crippen molar-refractivity contribution < 1.29 is 14.7 Å². The number of H-pyrrole nitrogens is 1. The lowest BCUT2D eigenvalue weighted by atomic mass is 9.84. The molecule has 1 unspecified atom stereocenters. The standard InChI is InChI=1S/C24H26N4O3/c1-28(11-12-29)21(31)15-16-13-19-22(20(30)14-16)24(26-18-5-3-2-4-6-18)23(27-19)17-7-9-25-10-8-17/h2-10,16,26-27,29H,11-15H2,1H3. The van der Waals surface area contributed by atoms with Crippen LogP contribution < -0.4 is 5.32 Å². The molecule has 4 rings (SSSR count). The van der Waals surface area contributed by atoms with Crippen LogP contribution in [0.15, 0.2) is 54.9 Å². The van der Waals surface area contributed by atoms with E-state index in [-0.39, 0.29) is 30.6 Å². The zero-order chi connectivity index (χ0) is 21.8. The molecule has 1 atom stereocenters. The van der Waals surface area contributed by atoms with Crippen LogP contribution in [0.4, 0.5) is 11.4 Å². The monoisotopic (exact) mass is 418 g/mol. The predicted molar refractivity (Wildman–Crippen MR) is 119 cm³/mol. The number of aromatic nitrogens is 2. The summed E-state index contributed by atoms with van der Waals surface area (Å²) >= 11 is 0. The summed E-state index contributed by atoms with van der Waals surface area (Å²) in [6.07, 6.45) is 4.67. The van der Waals surface area contributed by atoms with Gasteiger partial charge in [-0.1, -0.05) is 18.2 Å². The van der Waals surface area contributed by atoms with Crippen molar-refractivity contribution in [2.45, 2.75) is 19.3 Å². The summed E-state index contributed by atoms with van der Waals surface area (Å²) in [6, 6.07) is 13.6. The Kier molecular flexibility index (Phi) is 6.13. The number of pyridine rings is 1. The molecule has 2 heterocycles. The van der Waals surface area contributed by atoms with Crippen LogP contribution >= 0.6 is 0 Å². The fourth-order valence-corrected chi connectivity index (χ4v) is 4.09. The number of benzene rings is 1. The molecule has 7 heteroatoms. The number of aliphatic hydroxyl groups is 1. The number of nitrogens with one attached hydrogen (secondary N) is 2.